The quantitative estimate of drug-likeness (QED) is 0.265. The van der Waals surface area contributed by atoms with Crippen LogP contribution in [0.2, 0.25) is 0 Å². The molecular weight excluding hydrogens is 272 g/mol. The summed E-state index contributed by atoms with van der Waals surface area (Å²) in [5.74, 6) is 0.697. The Morgan fingerprint density at radius 3 is 2.41 bits per heavy atom. The number of aliphatic imine (C=N–C) groups is 1. The molecule has 0 rings (SSSR count). The van der Waals surface area contributed by atoms with Gasteiger partial charge in [0.1, 0.15) is 0 Å². The molecule has 0 aliphatic rings. The molecule has 1 atom stereocenters. The predicted octanol–water partition coefficient (Wildman–Crippen LogP) is 4.62. The molecule has 0 aliphatic carbocycles. The molecule has 0 bridgehead atoms. The van der Waals surface area contributed by atoms with Gasteiger partial charge in [0.2, 0.25) is 5.91 Å². The molecule has 0 aromatic rings. The van der Waals surface area contributed by atoms with Crippen molar-refractivity contribution in [2.75, 3.05) is 13.6 Å². The van der Waals surface area contributed by atoms with E-state index in [1.807, 2.05) is 39.0 Å². The number of hydrogen-bond acceptors (Lipinski definition) is 2. The first-order chi connectivity index (χ1) is 10.4. The minimum Gasteiger partial charge on any atom is -0.306 e. The molecule has 3 heteroatoms. The molecule has 0 fully saturated rings. The van der Waals surface area contributed by atoms with Crippen LogP contribution < -0.4 is 0 Å². The summed E-state index contributed by atoms with van der Waals surface area (Å²) in [6, 6.07) is 0. The Labute approximate surface area is 136 Å². The summed E-state index contributed by atoms with van der Waals surface area (Å²) in [6.07, 6.45) is 13.7. The van der Waals surface area contributed by atoms with Gasteiger partial charge < -0.3 is 4.90 Å². The third-order valence-corrected chi connectivity index (χ3v) is 3.28. The molecule has 0 saturated heterocycles. The Hall–Kier alpha value is -1.64. The van der Waals surface area contributed by atoms with Gasteiger partial charge in [-0.25, -0.2) is 0 Å². The van der Waals surface area contributed by atoms with E-state index in [2.05, 4.69) is 31.0 Å². The first-order valence-electron chi connectivity index (χ1n) is 8.10. The largest absolute Gasteiger partial charge is 0.306 e. The van der Waals surface area contributed by atoms with E-state index in [1.165, 1.54) is 5.57 Å². The highest BCUT2D eigenvalue weighted by molar-refractivity contribution is 5.88. The lowest BCUT2D eigenvalue weighted by Gasteiger charge is -2.18. The highest BCUT2D eigenvalue weighted by Gasteiger charge is 2.17. The number of nitrogens with zero attached hydrogens (tertiary/aromatic N) is 2. The van der Waals surface area contributed by atoms with Gasteiger partial charge in [0.05, 0.1) is 12.9 Å². The summed E-state index contributed by atoms with van der Waals surface area (Å²) < 4.78 is 0. The highest BCUT2D eigenvalue weighted by atomic mass is 16.2. The van der Waals surface area contributed by atoms with Crippen molar-refractivity contribution in [3.8, 4) is 0 Å². The Balaban J connectivity index is 4.57. The standard InChI is InChI=1S/C19H32N2O/c1-7-9-11-18(12-10-8-2)14-20-15-21(6)19(22)17(5)13-16(3)4/h7-11,15-17H,12-14H2,1-6H3/b9-7-,10-8-,18-11+,20-15+. The number of carbonyl (C=O) groups is 1. The smallest absolute Gasteiger partial charge is 0.230 e. The Kier molecular flexibility index (Phi) is 11.1. The molecule has 3 nitrogen and oxygen atoms in total. The average molecular weight is 304 g/mol. The third kappa shape index (κ3) is 9.32. The van der Waals surface area contributed by atoms with E-state index in [9.17, 15) is 4.79 Å². The molecule has 0 N–H and O–H groups in total. The second-order valence-corrected chi connectivity index (χ2v) is 6.06. The van der Waals surface area contributed by atoms with Crippen LogP contribution >= 0.6 is 0 Å². The minimum absolute atomic E-state index is 0.0394. The molecule has 0 aliphatic heterocycles. The summed E-state index contributed by atoms with van der Waals surface area (Å²) in [4.78, 5) is 18.2. The summed E-state index contributed by atoms with van der Waals surface area (Å²) >= 11 is 0. The fourth-order valence-electron chi connectivity index (χ4n) is 2.18. The van der Waals surface area contributed by atoms with E-state index in [0.29, 0.717) is 12.5 Å². The molecule has 0 aromatic carbocycles. The average Bonchev–Trinajstić information content (AvgIpc) is 2.47. The van der Waals surface area contributed by atoms with Crippen LogP contribution in [-0.2, 0) is 4.79 Å². The lowest BCUT2D eigenvalue weighted by Crippen LogP contribution is -2.31. The maximum Gasteiger partial charge on any atom is 0.230 e. The van der Waals surface area contributed by atoms with Crippen LogP contribution in [0.4, 0.5) is 0 Å². The maximum absolute atomic E-state index is 12.2. The Bertz CT molecular complexity index is 431. The molecule has 22 heavy (non-hydrogen) atoms. The molecule has 0 spiro atoms. The predicted molar refractivity (Wildman–Crippen MR) is 97.1 cm³/mol. The zero-order valence-corrected chi connectivity index (χ0v) is 15.0. The van der Waals surface area contributed by atoms with Gasteiger partial charge in [-0.3, -0.25) is 9.79 Å². The van der Waals surface area contributed by atoms with E-state index >= 15 is 0 Å². The van der Waals surface area contributed by atoms with Gasteiger partial charge in [0.15, 0.2) is 0 Å². The van der Waals surface area contributed by atoms with Gasteiger partial charge in [0.25, 0.3) is 0 Å². The molecule has 0 saturated carbocycles. The van der Waals surface area contributed by atoms with Gasteiger partial charge in [-0.1, -0.05) is 51.2 Å². The fourth-order valence-corrected chi connectivity index (χ4v) is 2.18. The summed E-state index contributed by atoms with van der Waals surface area (Å²) in [7, 11) is 1.78. The van der Waals surface area contributed by atoms with Crippen molar-refractivity contribution < 1.29 is 4.79 Å². The maximum atomic E-state index is 12.2. The zero-order chi connectivity index (χ0) is 17.0. The number of rotatable bonds is 9. The van der Waals surface area contributed by atoms with E-state index in [0.717, 1.165) is 12.8 Å². The van der Waals surface area contributed by atoms with Gasteiger partial charge >= 0.3 is 0 Å². The van der Waals surface area contributed by atoms with Crippen molar-refractivity contribution in [3.05, 3.63) is 36.0 Å². The molecule has 0 heterocycles. The second kappa shape index (κ2) is 12.0. The van der Waals surface area contributed by atoms with Crippen molar-refractivity contribution in [2.24, 2.45) is 16.8 Å². The van der Waals surface area contributed by atoms with Crippen LogP contribution in [0, 0.1) is 11.8 Å². The zero-order valence-electron chi connectivity index (χ0n) is 15.0. The number of allylic oxidation sites excluding steroid dienone is 5. The Morgan fingerprint density at radius 1 is 1.18 bits per heavy atom. The first-order valence-corrected chi connectivity index (χ1v) is 8.10. The molecular formula is C19H32N2O. The Morgan fingerprint density at radius 2 is 1.86 bits per heavy atom. The van der Waals surface area contributed by atoms with Gasteiger partial charge in [-0.2, -0.15) is 0 Å². The molecule has 0 radical (unpaired) electrons. The van der Waals surface area contributed by atoms with Gasteiger partial charge in [-0.15, -0.1) is 0 Å². The van der Waals surface area contributed by atoms with Crippen molar-refractivity contribution >= 4 is 12.2 Å². The van der Waals surface area contributed by atoms with Crippen LogP contribution in [0.1, 0.15) is 47.5 Å². The van der Waals surface area contributed by atoms with Crippen LogP contribution in [0.15, 0.2) is 40.9 Å². The number of amides is 1. The SMILES string of the molecule is C/C=C\C=C(/C/C=C\C)C/N=C/N(C)C(=O)C(C)CC(C)C. The van der Waals surface area contributed by atoms with Gasteiger partial charge in [-0.05, 0) is 38.2 Å². The van der Waals surface area contributed by atoms with Crippen LogP contribution in [0.5, 0.6) is 0 Å². The van der Waals surface area contributed by atoms with E-state index in [-0.39, 0.29) is 11.8 Å². The molecule has 124 valence electrons. The van der Waals surface area contributed by atoms with Crippen molar-refractivity contribution in [2.45, 2.75) is 47.5 Å². The van der Waals surface area contributed by atoms with E-state index in [1.54, 1.807) is 18.3 Å². The highest BCUT2D eigenvalue weighted by Crippen LogP contribution is 2.12. The monoisotopic (exact) mass is 304 g/mol. The summed E-state index contributed by atoms with van der Waals surface area (Å²) in [6.45, 7) is 10.9. The molecule has 1 unspecified atom stereocenters. The fraction of sp³-hybridized carbons (Fsp3) is 0.579. The normalized spacial score (nSPS) is 14.6. The number of hydrogen-bond donors (Lipinski definition) is 0. The van der Waals surface area contributed by atoms with Crippen LogP contribution in [0.25, 0.3) is 0 Å². The molecule has 0 aromatic heterocycles. The third-order valence-electron chi connectivity index (χ3n) is 3.28. The van der Waals surface area contributed by atoms with Gasteiger partial charge in [0, 0.05) is 13.0 Å². The second-order valence-electron chi connectivity index (χ2n) is 6.06. The minimum atomic E-state index is 0.0394. The van der Waals surface area contributed by atoms with Crippen molar-refractivity contribution in [3.63, 3.8) is 0 Å². The van der Waals surface area contributed by atoms with E-state index < -0.39 is 0 Å². The molecule has 1 amide bonds. The summed E-state index contributed by atoms with van der Waals surface area (Å²) in [5.41, 5.74) is 1.23. The summed E-state index contributed by atoms with van der Waals surface area (Å²) in [5, 5.41) is 0. The van der Waals surface area contributed by atoms with Crippen molar-refractivity contribution in [1.29, 1.82) is 0 Å². The number of carbonyl (C=O) groups excluding carboxylic acids is 1. The van der Waals surface area contributed by atoms with Crippen LogP contribution in [-0.4, -0.2) is 30.7 Å². The van der Waals surface area contributed by atoms with Crippen LogP contribution in [0.3, 0.4) is 0 Å². The lowest BCUT2D eigenvalue weighted by atomic mass is 9.98. The van der Waals surface area contributed by atoms with E-state index in [4.69, 9.17) is 0 Å². The lowest BCUT2D eigenvalue weighted by molar-refractivity contribution is -0.130. The topological polar surface area (TPSA) is 32.7 Å². The van der Waals surface area contributed by atoms with Crippen molar-refractivity contribution in [1.82, 2.24) is 4.90 Å². The first kappa shape index (κ1) is 20.4.